The third-order valence-corrected chi connectivity index (χ3v) is 6.56. The number of carbonyl (C=O) groups is 1. The molecule has 0 spiro atoms. The Hall–Kier alpha value is -3.90. The van der Waals surface area contributed by atoms with Crippen molar-refractivity contribution in [1.82, 2.24) is 9.38 Å². The standard InChI is InChI=1S/C26H21N3O2S/c1-17-24(25(30)27-22-11-7-6-10-21(22)18-8-4-3-5-9-18)32-26-28-23(16-29(17)26)19-12-14-20(31-2)15-13-19/h3-16H,1-2H3,(H,27,30). The molecule has 158 valence electrons. The highest BCUT2D eigenvalue weighted by atomic mass is 32.1. The van der Waals surface area contributed by atoms with E-state index in [4.69, 9.17) is 9.72 Å². The number of para-hydroxylation sites is 1. The van der Waals surface area contributed by atoms with Gasteiger partial charge in [-0.05, 0) is 42.8 Å². The number of thiazole rings is 1. The largest absolute Gasteiger partial charge is 0.497 e. The first-order valence-corrected chi connectivity index (χ1v) is 11.0. The number of carbonyl (C=O) groups excluding carboxylic acids is 1. The van der Waals surface area contributed by atoms with Crippen LogP contribution in [-0.4, -0.2) is 22.4 Å². The summed E-state index contributed by atoms with van der Waals surface area (Å²) < 4.78 is 7.20. The van der Waals surface area contributed by atoms with Crippen molar-refractivity contribution in [2.24, 2.45) is 0 Å². The normalized spacial score (nSPS) is 10.9. The van der Waals surface area contributed by atoms with Crippen molar-refractivity contribution in [2.75, 3.05) is 12.4 Å². The number of hydrogen-bond acceptors (Lipinski definition) is 4. The lowest BCUT2D eigenvalue weighted by Crippen LogP contribution is -2.12. The van der Waals surface area contributed by atoms with E-state index in [2.05, 4.69) is 5.32 Å². The second kappa shape index (κ2) is 8.32. The summed E-state index contributed by atoms with van der Waals surface area (Å²) in [6, 6.07) is 25.7. The Morgan fingerprint density at radius 1 is 0.938 bits per heavy atom. The average molecular weight is 440 g/mol. The topological polar surface area (TPSA) is 55.6 Å². The molecule has 6 heteroatoms. The Morgan fingerprint density at radius 2 is 1.66 bits per heavy atom. The maximum atomic E-state index is 13.2. The zero-order valence-electron chi connectivity index (χ0n) is 17.7. The number of nitrogens with zero attached hydrogens (tertiary/aromatic N) is 2. The van der Waals surface area contributed by atoms with E-state index in [1.165, 1.54) is 11.3 Å². The molecule has 0 bridgehead atoms. The van der Waals surface area contributed by atoms with E-state index in [1.807, 2.05) is 96.4 Å². The number of anilines is 1. The fourth-order valence-corrected chi connectivity index (χ4v) is 4.71. The van der Waals surface area contributed by atoms with Crippen LogP contribution in [0.15, 0.2) is 85.1 Å². The van der Waals surface area contributed by atoms with Gasteiger partial charge in [0.25, 0.3) is 5.91 Å². The number of aryl methyl sites for hydroxylation is 1. The molecule has 0 aliphatic carbocycles. The van der Waals surface area contributed by atoms with Crippen molar-refractivity contribution in [2.45, 2.75) is 6.92 Å². The van der Waals surface area contributed by atoms with Gasteiger partial charge in [-0.2, -0.15) is 0 Å². The molecule has 5 aromatic rings. The zero-order chi connectivity index (χ0) is 22.1. The number of methoxy groups -OCH3 is 1. The first-order valence-electron chi connectivity index (χ1n) is 10.2. The molecule has 2 aromatic heterocycles. The number of benzene rings is 3. The highest BCUT2D eigenvalue weighted by molar-refractivity contribution is 7.19. The molecule has 1 amide bonds. The third-order valence-electron chi connectivity index (χ3n) is 5.41. The SMILES string of the molecule is COc1ccc(-c2cn3c(C)c(C(=O)Nc4ccccc4-c4ccccc4)sc3n2)cc1. The summed E-state index contributed by atoms with van der Waals surface area (Å²) in [5.74, 6) is 0.674. The summed E-state index contributed by atoms with van der Waals surface area (Å²) in [7, 11) is 1.65. The quantitative estimate of drug-likeness (QED) is 0.350. The van der Waals surface area contributed by atoms with E-state index in [-0.39, 0.29) is 5.91 Å². The van der Waals surface area contributed by atoms with Crippen LogP contribution < -0.4 is 10.1 Å². The van der Waals surface area contributed by atoms with Gasteiger partial charge >= 0.3 is 0 Å². The summed E-state index contributed by atoms with van der Waals surface area (Å²) in [5.41, 5.74) is 5.57. The van der Waals surface area contributed by atoms with Crippen molar-refractivity contribution in [3.63, 3.8) is 0 Å². The fourth-order valence-electron chi connectivity index (χ4n) is 3.70. The van der Waals surface area contributed by atoms with Crippen LogP contribution in [0.25, 0.3) is 27.3 Å². The number of rotatable bonds is 5. The molecule has 5 rings (SSSR count). The average Bonchev–Trinajstić information content (AvgIpc) is 3.39. The molecular formula is C26H21N3O2S. The minimum absolute atomic E-state index is 0.132. The van der Waals surface area contributed by atoms with E-state index >= 15 is 0 Å². The Morgan fingerprint density at radius 3 is 2.38 bits per heavy atom. The minimum atomic E-state index is -0.132. The van der Waals surface area contributed by atoms with Crippen molar-refractivity contribution in [3.05, 3.63) is 95.6 Å². The molecule has 0 saturated carbocycles. The lowest BCUT2D eigenvalue weighted by molar-refractivity contribution is 0.102. The van der Waals surface area contributed by atoms with E-state index in [9.17, 15) is 4.79 Å². The predicted molar refractivity (Wildman–Crippen MR) is 130 cm³/mol. The molecule has 0 fully saturated rings. The van der Waals surface area contributed by atoms with Gasteiger partial charge in [0.05, 0.1) is 12.8 Å². The Kier molecular flexibility index (Phi) is 5.21. The van der Waals surface area contributed by atoms with Crippen molar-refractivity contribution in [1.29, 1.82) is 0 Å². The van der Waals surface area contributed by atoms with Gasteiger partial charge in [0.2, 0.25) is 0 Å². The van der Waals surface area contributed by atoms with Crippen LogP contribution >= 0.6 is 11.3 Å². The number of aromatic nitrogens is 2. The lowest BCUT2D eigenvalue weighted by atomic mass is 10.0. The van der Waals surface area contributed by atoms with Crippen molar-refractivity contribution < 1.29 is 9.53 Å². The summed E-state index contributed by atoms with van der Waals surface area (Å²) in [6.45, 7) is 1.95. The van der Waals surface area contributed by atoms with Gasteiger partial charge in [-0.3, -0.25) is 9.20 Å². The van der Waals surface area contributed by atoms with Crippen LogP contribution in [0.4, 0.5) is 5.69 Å². The van der Waals surface area contributed by atoms with E-state index in [0.29, 0.717) is 4.88 Å². The smallest absolute Gasteiger partial charge is 0.267 e. The van der Waals surface area contributed by atoms with Gasteiger partial charge in [-0.25, -0.2) is 4.98 Å². The second-order valence-electron chi connectivity index (χ2n) is 7.39. The highest BCUT2D eigenvalue weighted by Gasteiger charge is 2.19. The summed E-state index contributed by atoms with van der Waals surface area (Å²) in [5, 5.41) is 3.09. The zero-order valence-corrected chi connectivity index (χ0v) is 18.5. The number of imidazole rings is 1. The Balaban J connectivity index is 1.44. The number of nitrogens with one attached hydrogen (secondary N) is 1. The van der Waals surface area contributed by atoms with Crippen LogP contribution in [0, 0.1) is 6.92 Å². The van der Waals surface area contributed by atoms with Crippen LogP contribution in [0.1, 0.15) is 15.4 Å². The van der Waals surface area contributed by atoms with E-state index in [1.54, 1.807) is 7.11 Å². The first-order chi connectivity index (χ1) is 15.6. The maximum absolute atomic E-state index is 13.2. The molecule has 0 aliphatic heterocycles. The molecular weight excluding hydrogens is 418 g/mol. The molecule has 0 radical (unpaired) electrons. The summed E-state index contributed by atoms with van der Waals surface area (Å²) in [6.07, 6.45) is 1.97. The van der Waals surface area contributed by atoms with Crippen LogP contribution in [0.3, 0.4) is 0 Å². The highest BCUT2D eigenvalue weighted by Crippen LogP contribution is 2.31. The van der Waals surface area contributed by atoms with Gasteiger partial charge in [-0.1, -0.05) is 59.9 Å². The fraction of sp³-hybridized carbons (Fsp3) is 0.0769. The molecule has 0 unspecified atom stereocenters. The predicted octanol–water partition coefficient (Wildman–Crippen LogP) is 6.30. The van der Waals surface area contributed by atoms with Gasteiger partial charge < -0.3 is 10.1 Å². The molecule has 2 heterocycles. The molecule has 5 nitrogen and oxygen atoms in total. The van der Waals surface area contributed by atoms with Gasteiger partial charge in [-0.15, -0.1) is 0 Å². The third kappa shape index (κ3) is 3.65. The number of hydrogen-bond donors (Lipinski definition) is 1. The molecule has 32 heavy (non-hydrogen) atoms. The van der Waals surface area contributed by atoms with Gasteiger partial charge in [0, 0.05) is 28.7 Å². The van der Waals surface area contributed by atoms with Crippen molar-refractivity contribution >= 4 is 27.9 Å². The Labute approximate surface area is 190 Å². The molecule has 3 aromatic carbocycles. The Bertz CT molecular complexity index is 1400. The first kappa shape index (κ1) is 20.0. The molecule has 1 N–H and O–H groups in total. The van der Waals surface area contributed by atoms with Crippen LogP contribution in [-0.2, 0) is 0 Å². The van der Waals surface area contributed by atoms with Crippen LogP contribution in [0.5, 0.6) is 5.75 Å². The molecule has 0 saturated heterocycles. The number of amides is 1. The monoisotopic (exact) mass is 439 g/mol. The van der Waals surface area contributed by atoms with Gasteiger partial charge in [0.15, 0.2) is 4.96 Å². The lowest BCUT2D eigenvalue weighted by Gasteiger charge is -2.11. The molecule has 0 atom stereocenters. The minimum Gasteiger partial charge on any atom is -0.497 e. The molecule has 0 aliphatic rings. The van der Waals surface area contributed by atoms with E-state index < -0.39 is 0 Å². The van der Waals surface area contributed by atoms with Crippen molar-refractivity contribution in [3.8, 4) is 28.1 Å². The van der Waals surface area contributed by atoms with E-state index in [0.717, 1.165) is 44.5 Å². The summed E-state index contributed by atoms with van der Waals surface area (Å²) >= 11 is 1.39. The summed E-state index contributed by atoms with van der Waals surface area (Å²) in [4.78, 5) is 19.3. The van der Waals surface area contributed by atoms with Gasteiger partial charge in [0.1, 0.15) is 10.6 Å². The van der Waals surface area contributed by atoms with Crippen LogP contribution in [0.2, 0.25) is 0 Å². The number of ether oxygens (including phenoxy) is 1. The maximum Gasteiger partial charge on any atom is 0.267 e. The number of fused-ring (bicyclic) bond motifs is 1. The second-order valence-corrected chi connectivity index (χ2v) is 8.37.